The maximum Gasteiger partial charge on any atom is 0.253 e. The van der Waals surface area contributed by atoms with E-state index >= 15 is 0 Å². The number of nitrogens with one attached hydrogen (secondary N) is 1. The highest BCUT2D eigenvalue weighted by Gasteiger charge is 2.15. The van der Waals surface area contributed by atoms with Crippen LogP contribution in [0.25, 0.3) is 0 Å². The molecule has 1 unspecified atom stereocenters. The van der Waals surface area contributed by atoms with Crippen LogP contribution in [0.1, 0.15) is 28.9 Å². The summed E-state index contributed by atoms with van der Waals surface area (Å²) in [5, 5.41) is 3.36. The van der Waals surface area contributed by atoms with Gasteiger partial charge in [0.2, 0.25) is 0 Å². The van der Waals surface area contributed by atoms with Gasteiger partial charge in [0.05, 0.1) is 16.6 Å². The third-order valence-electron chi connectivity index (χ3n) is 2.91. The zero-order valence-corrected chi connectivity index (χ0v) is 14.6. The minimum absolute atomic E-state index is 0.0920. The summed E-state index contributed by atoms with van der Waals surface area (Å²) in [5.74, 6) is -0.188. The Morgan fingerprint density at radius 3 is 2.45 bits per heavy atom. The van der Waals surface area contributed by atoms with Crippen LogP contribution in [0.5, 0.6) is 0 Å². The van der Waals surface area contributed by atoms with E-state index in [4.69, 9.17) is 11.6 Å². The van der Waals surface area contributed by atoms with Crippen molar-refractivity contribution in [1.29, 1.82) is 0 Å². The van der Waals surface area contributed by atoms with Crippen molar-refractivity contribution in [2.45, 2.75) is 13.0 Å². The molecular formula is C15H12Br2ClNO. The molecule has 0 aliphatic heterocycles. The van der Waals surface area contributed by atoms with Crippen molar-refractivity contribution in [3.63, 3.8) is 0 Å². The average molecular weight is 418 g/mol. The van der Waals surface area contributed by atoms with Gasteiger partial charge in [0.25, 0.3) is 5.91 Å². The topological polar surface area (TPSA) is 29.1 Å². The van der Waals surface area contributed by atoms with Crippen molar-refractivity contribution in [3.8, 4) is 0 Å². The lowest BCUT2D eigenvalue weighted by Gasteiger charge is -2.15. The molecule has 0 bridgehead atoms. The molecule has 0 saturated carbocycles. The molecule has 0 saturated heterocycles. The second-order valence-corrected chi connectivity index (χ2v) is 6.50. The lowest BCUT2D eigenvalue weighted by atomic mass is 10.1. The van der Waals surface area contributed by atoms with Gasteiger partial charge in [-0.25, -0.2) is 0 Å². The smallest absolute Gasteiger partial charge is 0.253 e. The molecule has 20 heavy (non-hydrogen) atoms. The van der Waals surface area contributed by atoms with E-state index in [0.29, 0.717) is 15.1 Å². The Kier molecular flexibility index (Phi) is 5.24. The molecule has 1 atom stereocenters. The van der Waals surface area contributed by atoms with Gasteiger partial charge in [0.15, 0.2) is 0 Å². The van der Waals surface area contributed by atoms with Gasteiger partial charge in [0, 0.05) is 8.95 Å². The van der Waals surface area contributed by atoms with Gasteiger partial charge in [-0.2, -0.15) is 0 Å². The highest BCUT2D eigenvalue weighted by Crippen LogP contribution is 2.26. The number of hydrogen-bond donors (Lipinski definition) is 1. The van der Waals surface area contributed by atoms with E-state index in [0.717, 1.165) is 10.0 Å². The van der Waals surface area contributed by atoms with Gasteiger partial charge < -0.3 is 5.32 Å². The largest absolute Gasteiger partial charge is 0.345 e. The maximum absolute atomic E-state index is 12.2. The standard InChI is InChI=1S/C15H12Br2ClNO/c1-9(10-5-7-11(16)8-6-10)19-15(20)12-3-2-4-13(17)14(12)18/h2-9H,1H3,(H,19,20). The van der Waals surface area contributed by atoms with E-state index in [9.17, 15) is 4.79 Å². The van der Waals surface area contributed by atoms with Gasteiger partial charge in [0.1, 0.15) is 0 Å². The Hall–Kier alpha value is -0.840. The summed E-state index contributed by atoms with van der Waals surface area (Å²) in [5.41, 5.74) is 1.50. The van der Waals surface area contributed by atoms with Gasteiger partial charge >= 0.3 is 0 Å². The molecular weight excluding hydrogens is 405 g/mol. The molecule has 0 radical (unpaired) electrons. The van der Waals surface area contributed by atoms with Crippen LogP contribution >= 0.6 is 43.5 Å². The molecule has 0 fully saturated rings. The van der Waals surface area contributed by atoms with Crippen molar-refractivity contribution < 1.29 is 4.79 Å². The Morgan fingerprint density at radius 2 is 1.80 bits per heavy atom. The summed E-state index contributed by atoms with van der Waals surface area (Å²) in [4.78, 5) is 12.2. The van der Waals surface area contributed by atoms with Crippen LogP contribution < -0.4 is 5.32 Å². The van der Waals surface area contributed by atoms with Gasteiger partial charge in [-0.15, -0.1) is 0 Å². The second kappa shape index (κ2) is 6.74. The predicted molar refractivity (Wildman–Crippen MR) is 89.2 cm³/mol. The molecule has 2 aromatic carbocycles. The lowest BCUT2D eigenvalue weighted by molar-refractivity contribution is 0.0940. The molecule has 5 heteroatoms. The highest BCUT2D eigenvalue weighted by atomic mass is 79.9. The summed E-state index contributed by atoms with van der Waals surface area (Å²) < 4.78 is 1.72. The van der Waals surface area contributed by atoms with Crippen molar-refractivity contribution >= 4 is 49.4 Å². The van der Waals surface area contributed by atoms with E-state index in [1.165, 1.54) is 0 Å². The molecule has 1 N–H and O–H groups in total. The normalized spacial score (nSPS) is 12.0. The minimum Gasteiger partial charge on any atom is -0.345 e. The van der Waals surface area contributed by atoms with Crippen LogP contribution in [-0.4, -0.2) is 5.91 Å². The summed E-state index contributed by atoms with van der Waals surface area (Å²) in [6, 6.07) is 13.0. The first-order valence-corrected chi connectivity index (χ1v) is 7.96. The molecule has 0 spiro atoms. The van der Waals surface area contributed by atoms with Crippen LogP contribution in [0.15, 0.2) is 51.4 Å². The number of benzene rings is 2. The van der Waals surface area contributed by atoms with Crippen LogP contribution in [0.4, 0.5) is 0 Å². The van der Waals surface area contributed by atoms with Gasteiger partial charge in [-0.1, -0.05) is 45.7 Å². The Bertz CT molecular complexity index is 628. The monoisotopic (exact) mass is 415 g/mol. The molecule has 0 aliphatic carbocycles. The Balaban J connectivity index is 2.15. The molecule has 2 rings (SSSR count). The van der Waals surface area contributed by atoms with Crippen molar-refractivity contribution in [3.05, 3.63) is 67.6 Å². The first-order valence-electron chi connectivity index (χ1n) is 5.99. The Morgan fingerprint density at radius 1 is 1.15 bits per heavy atom. The minimum atomic E-state index is -0.188. The zero-order chi connectivity index (χ0) is 14.7. The van der Waals surface area contributed by atoms with E-state index < -0.39 is 0 Å². The zero-order valence-electron chi connectivity index (χ0n) is 10.7. The van der Waals surface area contributed by atoms with Gasteiger partial charge in [-0.05, 0) is 52.7 Å². The number of amides is 1. The van der Waals surface area contributed by atoms with E-state index in [1.54, 1.807) is 18.2 Å². The van der Waals surface area contributed by atoms with Crippen LogP contribution in [-0.2, 0) is 0 Å². The fourth-order valence-electron chi connectivity index (χ4n) is 1.79. The van der Waals surface area contributed by atoms with Crippen LogP contribution in [0.2, 0.25) is 5.02 Å². The molecule has 1 amide bonds. The number of halogens is 3. The summed E-state index contributed by atoms with van der Waals surface area (Å²) in [6.45, 7) is 1.94. The van der Waals surface area contributed by atoms with Crippen molar-refractivity contribution in [2.75, 3.05) is 0 Å². The molecule has 0 aliphatic rings. The highest BCUT2D eigenvalue weighted by molar-refractivity contribution is 9.10. The molecule has 2 aromatic rings. The van der Waals surface area contributed by atoms with E-state index in [-0.39, 0.29) is 11.9 Å². The third kappa shape index (κ3) is 3.62. The fourth-order valence-corrected chi connectivity index (χ4v) is 2.63. The lowest BCUT2D eigenvalue weighted by Crippen LogP contribution is -2.26. The number of rotatable bonds is 3. The van der Waals surface area contributed by atoms with Crippen molar-refractivity contribution in [1.82, 2.24) is 5.32 Å². The number of carbonyl (C=O) groups excluding carboxylic acids is 1. The summed E-state index contributed by atoms with van der Waals surface area (Å²) in [7, 11) is 0. The number of hydrogen-bond acceptors (Lipinski definition) is 1. The second-order valence-electron chi connectivity index (χ2n) is 4.35. The molecule has 0 aromatic heterocycles. The first kappa shape index (κ1) is 15.5. The van der Waals surface area contributed by atoms with Gasteiger partial charge in [-0.3, -0.25) is 4.79 Å². The summed E-state index contributed by atoms with van der Waals surface area (Å²) >= 11 is 12.8. The number of carbonyl (C=O) groups is 1. The predicted octanol–water partition coefficient (Wildman–Crippen LogP) is 5.36. The first-order chi connectivity index (χ1) is 9.49. The molecule has 0 heterocycles. The summed E-state index contributed by atoms with van der Waals surface area (Å²) in [6.07, 6.45) is 0. The Labute approximate surface area is 139 Å². The third-order valence-corrected chi connectivity index (χ3v) is 4.74. The molecule has 104 valence electrons. The fraction of sp³-hybridized carbons (Fsp3) is 0.133. The quantitative estimate of drug-likeness (QED) is 0.716. The average Bonchev–Trinajstić information content (AvgIpc) is 2.42. The van der Waals surface area contributed by atoms with E-state index in [2.05, 4.69) is 37.2 Å². The van der Waals surface area contributed by atoms with Crippen LogP contribution in [0.3, 0.4) is 0 Å². The SMILES string of the molecule is CC(NC(=O)c1cccc(Br)c1Cl)c1ccc(Br)cc1. The van der Waals surface area contributed by atoms with Crippen molar-refractivity contribution in [2.24, 2.45) is 0 Å². The maximum atomic E-state index is 12.2. The van der Waals surface area contributed by atoms with Crippen LogP contribution in [0, 0.1) is 0 Å². The molecule has 2 nitrogen and oxygen atoms in total. The van der Waals surface area contributed by atoms with E-state index in [1.807, 2.05) is 31.2 Å².